The lowest BCUT2D eigenvalue weighted by molar-refractivity contribution is -0.115. The van der Waals surface area contributed by atoms with E-state index in [2.05, 4.69) is 52.0 Å². The van der Waals surface area contributed by atoms with Crippen molar-refractivity contribution in [2.24, 2.45) is 0 Å². The summed E-state index contributed by atoms with van der Waals surface area (Å²) in [6.07, 6.45) is 2.23. The lowest BCUT2D eigenvalue weighted by Gasteiger charge is -2.07. The average molecular weight is 381 g/mol. The van der Waals surface area contributed by atoms with Crippen molar-refractivity contribution in [2.75, 3.05) is 24.1 Å². The molecule has 3 rings (SSSR count). The number of amides is 1. The van der Waals surface area contributed by atoms with E-state index < -0.39 is 0 Å². The van der Waals surface area contributed by atoms with E-state index in [9.17, 15) is 4.79 Å². The molecular weight excluding hydrogens is 356 g/mol. The number of nitrogens with one attached hydrogen (secondary N) is 2. The Hall–Kier alpha value is -2.70. The van der Waals surface area contributed by atoms with Gasteiger partial charge in [-0.3, -0.25) is 4.79 Å². The van der Waals surface area contributed by atoms with Crippen molar-refractivity contribution >= 4 is 28.1 Å². The minimum absolute atomic E-state index is 0.0874. The summed E-state index contributed by atoms with van der Waals surface area (Å²) >= 11 is 1.35. The third-order valence-corrected chi connectivity index (χ3v) is 4.90. The van der Waals surface area contributed by atoms with E-state index in [0.29, 0.717) is 10.8 Å². The first-order valence-corrected chi connectivity index (χ1v) is 9.90. The predicted molar refractivity (Wildman–Crippen MR) is 112 cm³/mol. The van der Waals surface area contributed by atoms with Crippen molar-refractivity contribution in [3.8, 4) is 0 Å². The van der Waals surface area contributed by atoms with Gasteiger partial charge < -0.3 is 16.4 Å². The van der Waals surface area contributed by atoms with Crippen molar-refractivity contribution in [2.45, 2.75) is 19.3 Å². The lowest BCUT2D eigenvalue weighted by atomic mass is 10.1. The second kappa shape index (κ2) is 9.85. The van der Waals surface area contributed by atoms with E-state index in [-0.39, 0.29) is 12.3 Å². The van der Waals surface area contributed by atoms with Gasteiger partial charge in [0.05, 0.1) is 12.1 Å². The first kappa shape index (κ1) is 19.1. The molecule has 0 bridgehead atoms. The van der Waals surface area contributed by atoms with Gasteiger partial charge in [-0.1, -0.05) is 42.5 Å². The van der Waals surface area contributed by atoms with Crippen molar-refractivity contribution < 1.29 is 4.79 Å². The molecule has 27 heavy (non-hydrogen) atoms. The molecule has 5 nitrogen and oxygen atoms in total. The number of carbonyl (C=O) groups is 1. The average Bonchev–Trinajstić information content (AvgIpc) is 3.08. The first-order chi connectivity index (χ1) is 13.2. The highest BCUT2D eigenvalue weighted by Gasteiger charge is 2.07. The number of anilines is 2. The molecule has 140 valence electrons. The summed E-state index contributed by atoms with van der Waals surface area (Å²) in [7, 11) is 0. The van der Waals surface area contributed by atoms with Gasteiger partial charge in [0.1, 0.15) is 0 Å². The summed E-state index contributed by atoms with van der Waals surface area (Å²) < 4.78 is 0. The molecule has 0 spiro atoms. The fourth-order valence-corrected chi connectivity index (χ4v) is 3.33. The fourth-order valence-electron chi connectivity index (χ4n) is 2.76. The Morgan fingerprint density at radius 3 is 2.26 bits per heavy atom. The number of hydrogen-bond acceptors (Lipinski definition) is 5. The molecule has 6 heteroatoms. The van der Waals surface area contributed by atoms with Crippen LogP contribution < -0.4 is 16.4 Å². The van der Waals surface area contributed by atoms with Gasteiger partial charge in [0.15, 0.2) is 5.13 Å². The van der Waals surface area contributed by atoms with Gasteiger partial charge >= 0.3 is 0 Å². The third-order valence-electron chi connectivity index (χ3n) is 4.17. The summed E-state index contributed by atoms with van der Waals surface area (Å²) in [5, 5.41) is 8.66. The molecule has 0 saturated heterocycles. The molecule has 0 aliphatic rings. The van der Waals surface area contributed by atoms with Crippen LogP contribution in [-0.4, -0.2) is 24.0 Å². The third kappa shape index (κ3) is 6.51. The quantitative estimate of drug-likeness (QED) is 0.498. The Labute approximate surface area is 163 Å². The number of rotatable bonds is 9. The molecule has 1 aromatic heterocycles. The van der Waals surface area contributed by atoms with E-state index in [1.807, 2.05) is 23.6 Å². The molecule has 0 saturated carbocycles. The normalized spacial score (nSPS) is 10.7. The standard InChI is InChI=1S/C21H24N4OS/c22-21-25-19(15-27-21)14-20(26)24-18-8-6-17(7-9-18)11-13-23-12-10-16-4-2-1-3-5-16/h1-9,15,23H,10-14H2,(H2,22,25)(H,24,26). The van der Waals surface area contributed by atoms with Crippen LogP contribution in [0.5, 0.6) is 0 Å². The number of hydrogen-bond donors (Lipinski definition) is 3. The summed E-state index contributed by atoms with van der Waals surface area (Å²) in [6.45, 7) is 1.91. The number of benzene rings is 2. The maximum atomic E-state index is 12.0. The first-order valence-electron chi connectivity index (χ1n) is 9.02. The molecule has 0 fully saturated rings. The zero-order chi connectivity index (χ0) is 18.9. The molecule has 0 unspecified atom stereocenters. The predicted octanol–water partition coefficient (Wildman–Crippen LogP) is 3.28. The number of aromatic nitrogens is 1. The molecule has 4 N–H and O–H groups in total. The molecule has 0 aliphatic carbocycles. The number of nitrogen functional groups attached to an aromatic ring is 1. The topological polar surface area (TPSA) is 80.0 Å². The van der Waals surface area contributed by atoms with Gasteiger partial charge in [-0.25, -0.2) is 4.98 Å². The summed E-state index contributed by atoms with van der Waals surface area (Å²) in [5.41, 5.74) is 9.68. The van der Waals surface area contributed by atoms with E-state index in [4.69, 9.17) is 5.73 Å². The maximum absolute atomic E-state index is 12.0. The monoisotopic (exact) mass is 380 g/mol. The SMILES string of the molecule is Nc1nc(CC(=O)Nc2ccc(CCNCCc3ccccc3)cc2)cs1. The maximum Gasteiger partial charge on any atom is 0.230 e. The van der Waals surface area contributed by atoms with E-state index in [0.717, 1.165) is 31.6 Å². The molecule has 1 amide bonds. The second-order valence-electron chi connectivity index (χ2n) is 6.33. The van der Waals surface area contributed by atoms with Gasteiger partial charge in [-0.15, -0.1) is 11.3 Å². The lowest BCUT2D eigenvalue weighted by Crippen LogP contribution is -2.20. The van der Waals surface area contributed by atoms with Gasteiger partial charge in [-0.05, 0) is 49.2 Å². The number of nitrogens with zero attached hydrogens (tertiary/aromatic N) is 1. The smallest absolute Gasteiger partial charge is 0.230 e. The van der Waals surface area contributed by atoms with Crippen LogP contribution in [0.25, 0.3) is 0 Å². The number of thiazole rings is 1. The van der Waals surface area contributed by atoms with Crippen LogP contribution in [0.2, 0.25) is 0 Å². The Kier molecular flexibility index (Phi) is 6.96. The van der Waals surface area contributed by atoms with Crippen molar-refractivity contribution in [1.29, 1.82) is 0 Å². The van der Waals surface area contributed by atoms with Crippen LogP contribution >= 0.6 is 11.3 Å². The van der Waals surface area contributed by atoms with Crippen LogP contribution in [0.3, 0.4) is 0 Å². The zero-order valence-electron chi connectivity index (χ0n) is 15.2. The zero-order valence-corrected chi connectivity index (χ0v) is 16.0. The largest absolute Gasteiger partial charge is 0.375 e. The van der Waals surface area contributed by atoms with Crippen LogP contribution in [-0.2, 0) is 24.1 Å². The van der Waals surface area contributed by atoms with E-state index >= 15 is 0 Å². The van der Waals surface area contributed by atoms with Gasteiger partial charge in [0.25, 0.3) is 0 Å². The molecule has 0 radical (unpaired) electrons. The van der Waals surface area contributed by atoms with Gasteiger partial charge in [-0.2, -0.15) is 0 Å². The summed E-state index contributed by atoms with van der Waals surface area (Å²) in [6, 6.07) is 18.5. The summed E-state index contributed by atoms with van der Waals surface area (Å²) in [5.74, 6) is -0.0874. The minimum Gasteiger partial charge on any atom is -0.375 e. The molecule has 2 aromatic carbocycles. The molecule has 0 atom stereocenters. The summed E-state index contributed by atoms with van der Waals surface area (Å²) in [4.78, 5) is 16.1. The number of nitrogens with two attached hydrogens (primary N) is 1. The molecular formula is C21H24N4OS. The van der Waals surface area contributed by atoms with Gasteiger partial charge in [0.2, 0.25) is 5.91 Å². The van der Waals surface area contributed by atoms with Gasteiger partial charge in [0, 0.05) is 11.1 Å². The minimum atomic E-state index is -0.0874. The highest BCUT2D eigenvalue weighted by molar-refractivity contribution is 7.13. The highest BCUT2D eigenvalue weighted by atomic mass is 32.1. The molecule has 0 aliphatic heterocycles. The van der Waals surface area contributed by atoms with Crippen molar-refractivity contribution in [3.05, 3.63) is 76.8 Å². The van der Waals surface area contributed by atoms with E-state index in [1.165, 1.54) is 22.5 Å². The second-order valence-corrected chi connectivity index (χ2v) is 7.22. The van der Waals surface area contributed by atoms with Crippen LogP contribution in [0.1, 0.15) is 16.8 Å². The van der Waals surface area contributed by atoms with Crippen molar-refractivity contribution in [1.82, 2.24) is 10.3 Å². The van der Waals surface area contributed by atoms with Crippen LogP contribution in [0.4, 0.5) is 10.8 Å². The van der Waals surface area contributed by atoms with Crippen LogP contribution in [0, 0.1) is 0 Å². The Morgan fingerprint density at radius 1 is 0.963 bits per heavy atom. The van der Waals surface area contributed by atoms with E-state index in [1.54, 1.807) is 0 Å². The van der Waals surface area contributed by atoms with Crippen LogP contribution in [0.15, 0.2) is 60.0 Å². The fraction of sp³-hybridized carbons (Fsp3) is 0.238. The Morgan fingerprint density at radius 2 is 1.63 bits per heavy atom. The van der Waals surface area contributed by atoms with Crippen molar-refractivity contribution in [3.63, 3.8) is 0 Å². The molecule has 3 aromatic rings. The number of carbonyl (C=O) groups excluding carboxylic acids is 1. The molecule has 1 heterocycles. The Bertz CT molecular complexity index is 846. The Balaban J connectivity index is 1.36. The highest BCUT2D eigenvalue weighted by Crippen LogP contribution is 2.13.